The molecule has 2 fully saturated rings. The molecule has 1 saturated carbocycles. The number of carbonyl (C=O) groups is 1. The van der Waals surface area contributed by atoms with E-state index in [-0.39, 0.29) is 11.9 Å². The fraction of sp³-hybridized carbons (Fsp3) is 0.750. The molecule has 2 rings (SSSR count). The molecule has 1 saturated heterocycles. The zero-order chi connectivity index (χ0) is 11.4. The van der Waals surface area contributed by atoms with E-state index in [0.717, 1.165) is 11.6 Å². The van der Waals surface area contributed by atoms with E-state index in [4.69, 9.17) is 0 Å². The number of hydrogen-bond donors (Lipinski definition) is 1. The van der Waals surface area contributed by atoms with Crippen molar-refractivity contribution in [1.82, 2.24) is 10.2 Å². The highest BCUT2D eigenvalue weighted by atomic mass is 32.2. The summed E-state index contributed by atoms with van der Waals surface area (Å²) in [5, 5.41) is 3.26. The van der Waals surface area contributed by atoms with Crippen molar-refractivity contribution in [1.29, 1.82) is 0 Å². The Morgan fingerprint density at radius 3 is 2.81 bits per heavy atom. The van der Waals surface area contributed by atoms with E-state index in [0.29, 0.717) is 12.6 Å². The zero-order valence-electron chi connectivity index (χ0n) is 9.65. The van der Waals surface area contributed by atoms with Crippen LogP contribution in [0, 0.1) is 0 Å². The van der Waals surface area contributed by atoms with Gasteiger partial charge < -0.3 is 4.90 Å². The first kappa shape index (κ1) is 12.0. The van der Waals surface area contributed by atoms with Crippen molar-refractivity contribution in [2.45, 2.75) is 37.8 Å². The second kappa shape index (κ2) is 5.73. The first-order valence-corrected chi connectivity index (χ1v) is 7.21. The minimum absolute atomic E-state index is 0.0329. The summed E-state index contributed by atoms with van der Waals surface area (Å²) in [5.74, 6) is 2.10. The minimum atomic E-state index is 0.0329. The van der Waals surface area contributed by atoms with Crippen molar-refractivity contribution >= 4 is 17.7 Å². The largest absolute Gasteiger partial charge is 0.335 e. The zero-order valence-corrected chi connectivity index (χ0v) is 10.5. The van der Waals surface area contributed by atoms with Crippen LogP contribution in [0.25, 0.3) is 0 Å². The van der Waals surface area contributed by atoms with Crippen LogP contribution in [0.2, 0.25) is 0 Å². The third-order valence-corrected chi connectivity index (χ3v) is 4.33. The topological polar surface area (TPSA) is 32.3 Å². The number of nitrogens with one attached hydrogen (secondary N) is 1. The van der Waals surface area contributed by atoms with Gasteiger partial charge in [-0.15, -0.1) is 18.3 Å². The van der Waals surface area contributed by atoms with E-state index in [1.807, 2.05) is 11.0 Å². The fourth-order valence-corrected chi connectivity index (χ4v) is 3.46. The predicted octanol–water partition coefficient (Wildman–Crippen LogP) is 1.61. The van der Waals surface area contributed by atoms with Crippen LogP contribution in [0.4, 0.5) is 0 Å². The van der Waals surface area contributed by atoms with Crippen LogP contribution in [-0.2, 0) is 4.79 Å². The molecule has 3 nitrogen and oxygen atoms in total. The molecule has 1 aliphatic carbocycles. The second-order valence-electron chi connectivity index (χ2n) is 4.49. The molecule has 1 aliphatic heterocycles. The van der Waals surface area contributed by atoms with E-state index in [2.05, 4.69) is 11.9 Å². The lowest BCUT2D eigenvalue weighted by Gasteiger charge is -2.30. The van der Waals surface area contributed by atoms with Gasteiger partial charge in [-0.1, -0.05) is 18.9 Å². The van der Waals surface area contributed by atoms with Crippen molar-refractivity contribution < 1.29 is 4.79 Å². The van der Waals surface area contributed by atoms with Gasteiger partial charge in [-0.05, 0) is 12.8 Å². The van der Waals surface area contributed by atoms with E-state index < -0.39 is 0 Å². The Kier molecular flexibility index (Phi) is 4.29. The molecule has 0 bridgehead atoms. The molecule has 16 heavy (non-hydrogen) atoms. The molecular weight excluding hydrogens is 220 g/mol. The summed E-state index contributed by atoms with van der Waals surface area (Å²) in [6, 6.07) is 0.489. The maximum atomic E-state index is 12.3. The van der Waals surface area contributed by atoms with Gasteiger partial charge in [0.15, 0.2) is 0 Å². The third-order valence-electron chi connectivity index (χ3n) is 3.39. The normalized spacial score (nSPS) is 25.9. The number of amides is 1. The van der Waals surface area contributed by atoms with Crippen LogP contribution in [0.5, 0.6) is 0 Å². The Balaban J connectivity index is 1.99. The maximum absolute atomic E-state index is 12.3. The van der Waals surface area contributed by atoms with Crippen molar-refractivity contribution in [2.24, 2.45) is 0 Å². The molecular formula is C12H20N2OS. The second-order valence-corrected chi connectivity index (χ2v) is 5.52. The Bertz CT molecular complexity index is 258. The number of thioether (sulfide) groups is 1. The molecule has 0 radical (unpaired) electrons. The van der Waals surface area contributed by atoms with Crippen LogP contribution in [0.15, 0.2) is 12.7 Å². The highest BCUT2D eigenvalue weighted by Crippen LogP contribution is 2.25. The van der Waals surface area contributed by atoms with Gasteiger partial charge in [-0.2, -0.15) is 0 Å². The SMILES string of the molecule is C=CCN(C(=O)C1CSCN1)C1CCCC1. The number of hydrogen-bond acceptors (Lipinski definition) is 3. The van der Waals surface area contributed by atoms with Crippen LogP contribution >= 0.6 is 11.8 Å². The molecule has 0 aromatic rings. The van der Waals surface area contributed by atoms with Crippen LogP contribution in [0.1, 0.15) is 25.7 Å². The van der Waals surface area contributed by atoms with Gasteiger partial charge in [0.05, 0.1) is 6.04 Å². The molecule has 1 heterocycles. The highest BCUT2D eigenvalue weighted by Gasteiger charge is 2.32. The van der Waals surface area contributed by atoms with Crippen molar-refractivity contribution in [3.05, 3.63) is 12.7 Å². The van der Waals surface area contributed by atoms with Gasteiger partial charge in [0.1, 0.15) is 0 Å². The molecule has 0 aromatic carbocycles. The summed E-state index contributed by atoms with van der Waals surface area (Å²) in [7, 11) is 0. The lowest BCUT2D eigenvalue weighted by Crippen LogP contribution is -2.48. The van der Waals surface area contributed by atoms with Gasteiger partial charge >= 0.3 is 0 Å². The van der Waals surface area contributed by atoms with Gasteiger partial charge in [-0.3, -0.25) is 10.1 Å². The van der Waals surface area contributed by atoms with Gasteiger partial charge in [0.2, 0.25) is 5.91 Å². The third kappa shape index (κ3) is 2.61. The molecule has 90 valence electrons. The first-order chi connectivity index (χ1) is 7.83. The van der Waals surface area contributed by atoms with Crippen molar-refractivity contribution in [3.63, 3.8) is 0 Å². The smallest absolute Gasteiger partial charge is 0.241 e. The average Bonchev–Trinajstić information content (AvgIpc) is 2.96. The van der Waals surface area contributed by atoms with Crippen LogP contribution < -0.4 is 5.32 Å². The molecule has 1 atom stereocenters. The lowest BCUT2D eigenvalue weighted by atomic mass is 10.1. The van der Waals surface area contributed by atoms with E-state index in [9.17, 15) is 4.79 Å². The van der Waals surface area contributed by atoms with Gasteiger partial charge in [0.25, 0.3) is 0 Å². The van der Waals surface area contributed by atoms with Crippen molar-refractivity contribution in [2.75, 3.05) is 18.2 Å². The molecule has 0 aromatic heterocycles. The van der Waals surface area contributed by atoms with E-state index >= 15 is 0 Å². The summed E-state index contributed by atoms with van der Waals surface area (Å²) >= 11 is 1.80. The number of nitrogens with zero attached hydrogens (tertiary/aromatic N) is 1. The quantitative estimate of drug-likeness (QED) is 0.758. The van der Waals surface area contributed by atoms with Crippen LogP contribution in [-0.4, -0.2) is 41.1 Å². The Hall–Kier alpha value is -0.480. The monoisotopic (exact) mass is 240 g/mol. The minimum Gasteiger partial charge on any atom is -0.335 e. The molecule has 1 amide bonds. The summed E-state index contributed by atoms with van der Waals surface area (Å²) in [4.78, 5) is 14.4. The van der Waals surface area contributed by atoms with Crippen molar-refractivity contribution in [3.8, 4) is 0 Å². The Labute approximate surface area is 102 Å². The fourth-order valence-electron chi connectivity index (χ4n) is 2.53. The highest BCUT2D eigenvalue weighted by molar-refractivity contribution is 7.99. The predicted molar refractivity (Wildman–Crippen MR) is 68.4 cm³/mol. The molecule has 1 unspecified atom stereocenters. The average molecular weight is 240 g/mol. The summed E-state index contributed by atoms with van der Waals surface area (Å²) in [6.45, 7) is 4.46. The summed E-state index contributed by atoms with van der Waals surface area (Å²) in [5.41, 5.74) is 0. The lowest BCUT2D eigenvalue weighted by molar-refractivity contribution is -0.134. The van der Waals surface area contributed by atoms with Gasteiger partial charge in [0, 0.05) is 24.2 Å². The summed E-state index contributed by atoms with van der Waals surface area (Å²) in [6.07, 6.45) is 6.70. The van der Waals surface area contributed by atoms with E-state index in [1.165, 1.54) is 25.7 Å². The number of carbonyl (C=O) groups excluding carboxylic acids is 1. The number of rotatable bonds is 4. The Morgan fingerprint density at radius 2 is 2.25 bits per heavy atom. The molecule has 0 spiro atoms. The molecule has 4 heteroatoms. The van der Waals surface area contributed by atoms with Gasteiger partial charge in [-0.25, -0.2) is 0 Å². The first-order valence-electron chi connectivity index (χ1n) is 6.05. The Morgan fingerprint density at radius 1 is 1.50 bits per heavy atom. The summed E-state index contributed by atoms with van der Waals surface area (Å²) < 4.78 is 0. The standard InChI is InChI=1S/C12H20N2OS/c1-2-7-14(10-5-3-4-6-10)12(15)11-8-16-9-13-11/h2,10-11,13H,1,3-9H2. The molecule has 2 aliphatic rings. The maximum Gasteiger partial charge on any atom is 0.241 e. The van der Waals surface area contributed by atoms with E-state index in [1.54, 1.807) is 11.8 Å². The van der Waals surface area contributed by atoms with Crippen LogP contribution in [0.3, 0.4) is 0 Å². The molecule has 1 N–H and O–H groups in total.